The highest BCUT2D eigenvalue weighted by Gasteiger charge is 2.33. The quantitative estimate of drug-likeness (QED) is 0.809. The molecule has 1 saturated heterocycles. The first kappa shape index (κ1) is 15.8. The minimum Gasteiger partial charge on any atom is -0.336 e. The van der Waals surface area contributed by atoms with Crippen LogP contribution in [-0.4, -0.2) is 36.0 Å². The molecule has 1 aliphatic rings. The van der Waals surface area contributed by atoms with Crippen molar-refractivity contribution in [3.05, 3.63) is 35.1 Å². The lowest BCUT2D eigenvalue weighted by Gasteiger charge is -2.36. The molecule has 0 spiro atoms. The third-order valence-electron chi connectivity index (χ3n) is 3.32. The summed E-state index contributed by atoms with van der Waals surface area (Å²) in [4.78, 5) is 13.7. The van der Waals surface area contributed by atoms with Crippen LogP contribution in [0.5, 0.6) is 0 Å². The molecule has 1 aromatic carbocycles. The summed E-state index contributed by atoms with van der Waals surface area (Å²) in [5.41, 5.74) is -1.43. The fourth-order valence-electron chi connectivity index (χ4n) is 2.55. The Hall–Kier alpha value is -1.63. The van der Waals surface area contributed by atoms with Crippen molar-refractivity contribution in [2.75, 3.05) is 13.1 Å². The van der Waals surface area contributed by atoms with Crippen molar-refractivity contribution in [3.63, 3.8) is 0 Å². The predicted octanol–water partition coefficient (Wildman–Crippen LogP) is 2.67. The van der Waals surface area contributed by atoms with Crippen molar-refractivity contribution in [1.82, 2.24) is 10.2 Å². The Labute approximate surface area is 119 Å². The lowest BCUT2D eigenvalue weighted by atomic mass is 10.1. The van der Waals surface area contributed by atoms with Gasteiger partial charge in [0, 0.05) is 30.7 Å². The van der Waals surface area contributed by atoms with Gasteiger partial charge in [0.2, 0.25) is 0 Å². The van der Waals surface area contributed by atoms with Crippen molar-refractivity contribution in [1.29, 1.82) is 0 Å². The Morgan fingerprint density at radius 3 is 2.29 bits per heavy atom. The third-order valence-corrected chi connectivity index (χ3v) is 3.32. The standard InChI is InChI=1S/C14H16F4N2O/c1-8-6-20(7-9(2)19-8)13(21)10-3-11(14(16,17)18)5-12(15)4-10/h3-5,8-9,19H,6-7H2,1-2H3/t8-,9-/m1/s1. The molecule has 1 heterocycles. The van der Waals surface area contributed by atoms with Gasteiger partial charge < -0.3 is 10.2 Å². The van der Waals surface area contributed by atoms with E-state index in [1.165, 1.54) is 4.90 Å². The molecule has 2 rings (SSSR count). The van der Waals surface area contributed by atoms with E-state index in [9.17, 15) is 22.4 Å². The Balaban J connectivity index is 2.29. The van der Waals surface area contributed by atoms with Crippen LogP contribution in [0, 0.1) is 5.82 Å². The van der Waals surface area contributed by atoms with Crippen LogP contribution in [-0.2, 0) is 6.18 Å². The normalized spacial score (nSPS) is 23.2. The van der Waals surface area contributed by atoms with Crippen molar-refractivity contribution in [3.8, 4) is 0 Å². The number of rotatable bonds is 1. The first-order chi connectivity index (χ1) is 9.66. The Kier molecular flexibility index (Phi) is 4.22. The SMILES string of the molecule is C[C@@H]1CN(C(=O)c2cc(F)cc(C(F)(F)F)c2)C[C@@H](C)N1. The molecule has 3 nitrogen and oxygen atoms in total. The Bertz CT molecular complexity index is 534. The zero-order chi connectivity index (χ0) is 15.8. The number of alkyl halides is 3. The highest BCUT2D eigenvalue weighted by atomic mass is 19.4. The van der Waals surface area contributed by atoms with E-state index >= 15 is 0 Å². The molecule has 116 valence electrons. The summed E-state index contributed by atoms with van der Waals surface area (Å²) in [6.07, 6.45) is -4.68. The fraction of sp³-hybridized carbons (Fsp3) is 0.500. The van der Waals surface area contributed by atoms with Crippen molar-refractivity contribution in [2.45, 2.75) is 32.1 Å². The molecule has 0 bridgehead atoms. The minimum atomic E-state index is -4.68. The van der Waals surface area contributed by atoms with Gasteiger partial charge in [-0.2, -0.15) is 13.2 Å². The predicted molar refractivity (Wildman–Crippen MR) is 69.4 cm³/mol. The highest BCUT2D eigenvalue weighted by Crippen LogP contribution is 2.30. The smallest absolute Gasteiger partial charge is 0.336 e. The van der Waals surface area contributed by atoms with Crippen LogP contribution in [0.4, 0.5) is 17.6 Å². The molecule has 0 unspecified atom stereocenters. The lowest BCUT2D eigenvalue weighted by molar-refractivity contribution is -0.137. The number of nitrogens with zero attached hydrogens (tertiary/aromatic N) is 1. The number of nitrogens with one attached hydrogen (secondary N) is 1. The summed E-state index contributed by atoms with van der Waals surface area (Å²) < 4.78 is 51.4. The van der Waals surface area contributed by atoms with Crippen LogP contribution in [0.15, 0.2) is 18.2 Å². The first-order valence-electron chi connectivity index (χ1n) is 6.60. The zero-order valence-electron chi connectivity index (χ0n) is 11.7. The molecule has 0 saturated carbocycles. The second kappa shape index (κ2) is 5.63. The number of hydrogen-bond donors (Lipinski definition) is 1. The maximum Gasteiger partial charge on any atom is 0.416 e. The molecule has 21 heavy (non-hydrogen) atoms. The molecular formula is C14H16F4N2O. The number of amides is 1. The monoisotopic (exact) mass is 304 g/mol. The largest absolute Gasteiger partial charge is 0.416 e. The number of carbonyl (C=O) groups is 1. The summed E-state index contributed by atoms with van der Waals surface area (Å²) in [5.74, 6) is -1.65. The molecule has 2 atom stereocenters. The maximum absolute atomic E-state index is 13.4. The van der Waals surface area contributed by atoms with Gasteiger partial charge in [-0.25, -0.2) is 4.39 Å². The van der Waals surface area contributed by atoms with Gasteiger partial charge in [-0.3, -0.25) is 4.79 Å². The highest BCUT2D eigenvalue weighted by molar-refractivity contribution is 5.94. The molecule has 1 aromatic rings. The van der Waals surface area contributed by atoms with Crippen LogP contribution in [0.2, 0.25) is 0 Å². The summed E-state index contributed by atoms with van der Waals surface area (Å²) in [7, 11) is 0. The van der Waals surface area contributed by atoms with E-state index in [0.29, 0.717) is 25.2 Å². The van der Waals surface area contributed by atoms with Crippen molar-refractivity contribution in [2.24, 2.45) is 0 Å². The van der Waals surface area contributed by atoms with Crippen LogP contribution < -0.4 is 5.32 Å². The molecule has 1 amide bonds. The summed E-state index contributed by atoms with van der Waals surface area (Å²) in [6, 6.07) is 2.00. The summed E-state index contributed by atoms with van der Waals surface area (Å²) in [6.45, 7) is 4.51. The van der Waals surface area contributed by atoms with Gasteiger partial charge in [-0.15, -0.1) is 0 Å². The summed E-state index contributed by atoms with van der Waals surface area (Å²) in [5, 5.41) is 3.21. The second-order valence-corrected chi connectivity index (χ2v) is 5.41. The van der Waals surface area contributed by atoms with E-state index in [4.69, 9.17) is 0 Å². The topological polar surface area (TPSA) is 32.3 Å². The number of piperazine rings is 1. The van der Waals surface area contributed by atoms with Gasteiger partial charge in [0.05, 0.1) is 5.56 Å². The minimum absolute atomic E-state index is 0.0355. The van der Waals surface area contributed by atoms with E-state index in [1.807, 2.05) is 13.8 Å². The molecule has 0 aliphatic carbocycles. The first-order valence-corrected chi connectivity index (χ1v) is 6.60. The molecule has 0 radical (unpaired) electrons. The average molecular weight is 304 g/mol. The molecule has 1 aliphatic heterocycles. The van der Waals surface area contributed by atoms with Gasteiger partial charge in [0.1, 0.15) is 5.82 Å². The van der Waals surface area contributed by atoms with Crippen LogP contribution in [0.1, 0.15) is 29.8 Å². The third kappa shape index (κ3) is 3.72. The number of hydrogen-bond acceptors (Lipinski definition) is 2. The van der Waals surface area contributed by atoms with Crippen molar-refractivity contribution >= 4 is 5.91 Å². The Morgan fingerprint density at radius 2 is 1.76 bits per heavy atom. The summed E-state index contributed by atoms with van der Waals surface area (Å²) >= 11 is 0. The fourth-order valence-corrected chi connectivity index (χ4v) is 2.55. The van der Waals surface area contributed by atoms with Crippen LogP contribution >= 0.6 is 0 Å². The van der Waals surface area contributed by atoms with Crippen molar-refractivity contribution < 1.29 is 22.4 Å². The number of benzene rings is 1. The van der Waals surface area contributed by atoms with Crippen LogP contribution in [0.25, 0.3) is 0 Å². The lowest BCUT2D eigenvalue weighted by Crippen LogP contribution is -2.55. The van der Waals surface area contributed by atoms with E-state index in [2.05, 4.69) is 5.32 Å². The molecule has 1 fully saturated rings. The van der Waals surface area contributed by atoms with E-state index < -0.39 is 23.5 Å². The molecule has 7 heteroatoms. The molecular weight excluding hydrogens is 288 g/mol. The maximum atomic E-state index is 13.4. The average Bonchev–Trinajstić information content (AvgIpc) is 2.35. The Morgan fingerprint density at radius 1 is 1.19 bits per heavy atom. The van der Waals surface area contributed by atoms with Gasteiger partial charge in [0.15, 0.2) is 0 Å². The van der Waals surface area contributed by atoms with Gasteiger partial charge in [-0.1, -0.05) is 0 Å². The van der Waals surface area contributed by atoms with E-state index in [1.54, 1.807) is 0 Å². The molecule has 1 N–H and O–H groups in total. The second-order valence-electron chi connectivity index (χ2n) is 5.41. The van der Waals surface area contributed by atoms with E-state index in [0.717, 1.165) is 6.07 Å². The van der Waals surface area contributed by atoms with Gasteiger partial charge in [0.25, 0.3) is 5.91 Å². The number of halogens is 4. The van der Waals surface area contributed by atoms with E-state index in [-0.39, 0.29) is 17.6 Å². The van der Waals surface area contributed by atoms with Gasteiger partial charge >= 0.3 is 6.18 Å². The molecule has 0 aromatic heterocycles. The van der Waals surface area contributed by atoms with Crippen LogP contribution in [0.3, 0.4) is 0 Å². The number of carbonyl (C=O) groups excluding carboxylic acids is 1. The zero-order valence-corrected chi connectivity index (χ0v) is 11.7. The van der Waals surface area contributed by atoms with Gasteiger partial charge in [-0.05, 0) is 32.0 Å².